The van der Waals surface area contributed by atoms with Gasteiger partial charge in [-0.1, -0.05) is 25.1 Å². The maximum Gasteiger partial charge on any atom is 0.263 e. The summed E-state index contributed by atoms with van der Waals surface area (Å²) in [6.45, 7) is 3.47. The maximum absolute atomic E-state index is 12.5. The number of carbonyl (C=O) groups is 2. The fraction of sp³-hybridized carbons (Fsp3) is 0.333. The number of nitrogens with zero attached hydrogens (tertiary/aromatic N) is 1. The van der Waals surface area contributed by atoms with Crippen LogP contribution in [0.3, 0.4) is 0 Å². The fourth-order valence-electron chi connectivity index (χ4n) is 2.76. The molecule has 2 aromatic carbocycles. The molecule has 0 heterocycles. The Morgan fingerprint density at radius 3 is 2.31 bits per heavy atom. The van der Waals surface area contributed by atoms with Gasteiger partial charge in [-0.15, -0.1) is 0 Å². The van der Waals surface area contributed by atoms with Crippen LogP contribution in [0.2, 0.25) is 0 Å². The van der Waals surface area contributed by atoms with Crippen LogP contribution in [0.4, 0.5) is 5.69 Å². The molecule has 0 saturated carbocycles. The topological polar surface area (TPSA) is 92.8 Å². The van der Waals surface area contributed by atoms with Crippen LogP contribution in [0.15, 0.2) is 53.4 Å². The Morgan fingerprint density at radius 1 is 1.10 bits per heavy atom. The van der Waals surface area contributed by atoms with E-state index >= 15 is 0 Å². The number of sulfone groups is 1. The maximum atomic E-state index is 12.5. The predicted octanol–water partition coefficient (Wildman–Crippen LogP) is 2.52. The third kappa shape index (κ3) is 6.32. The van der Waals surface area contributed by atoms with Crippen molar-refractivity contribution in [2.75, 3.05) is 25.2 Å². The van der Waals surface area contributed by atoms with Gasteiger partial charge in [0.1, 0.15) is 5.75 Å². The molecule has 0 radical (unpaired) electrons. The molecular weight excluding hydrogens is 392 g/mol. The Bertz CT molecular complexity index is 971. The summed E-state index contributed by atoms with van der Waals surface area (Å²) >= 11 is 0. The van der Waals surface area contributed by atoms with Crippen molar-refractivity contribution < 1.29 is 22.7 Å². The van der Waals surface area contributed by atoms with Crippen LogP contribution in [0.5, 0.6) is 5.75 Å². The van der Waals surface area contributed by atoms with Gasteiger partial charge < -0.3 is 15.0 Å². The van der Waals surface area contributed by atoms with Gasteiger partial charge in [0, 0.05) is 19.0 Å². The van der Waals surface area contributed by atoms with Crippen LogP contribution in [0.1, 0.15) is 19.4 Å². The molecule has 156 valence electrons. The third-order valence-corrected chi connectivity index (χ3v) is 5.47. The van der Waals surface area contributed by atoms with Crippen LogP contribution in [-0.4, -0.2) is 51.1 Å². The molecule has 1 unspecified atom stereocenters. The molecule has 0 spiro atoms. The van der Waals surface area contributed by atoms with Crippen molar-refractivity contribution in [3.05, 3.63) is 54.1 Å². The summed E-state index contributed by atoms with van der Waals surface area (Å²) in [6.07, 6.45) is 1.07. The van der Waals surface area contributed by atoms with Gasteiger partial charge in [-0.3, -0.25) is 9.59 Å². The van der Waals surface area contributed by atoms with E-state index in [-0.39, 0.29) is 23.3 Å². The van der Waals surface area contributed by atoms with Gasteiger partial charge in [-0.05, 0) is 49.2 Å². The molecule has 2 amide bonds. The number of carbonyl (C=O) groups excluding carboxylic acids is 2. The van der Waals surface area contributed by atoms with Gasteiger partial charge in [0.05, 0.1) is 11.4 Å². The monoisotopic (exact) mass is 418 g/mol. The Kier molecular flexibility index (Phi) is 7.39. The number of likely N-dealkylation sites (N-methyl/N-ethyl adjacent to an activating group) is 1. The lowest BCUT2D eigenvalue weighted by molar-refractivity contribution is -0.139. The normalized spacial score (nSPS) is 12.1. The van der Waals surface area contributed by atoms with Gasteiger partial charge in [0.25, 0.3) is 5.91 Å². The smallest absolute Gasteiger partial charge is 0.263 e. The molecule has 1 N–H and O–H groups in total. The lowest BCUT2D eigenvalue weighted by Crippen LogP contribution is -2.42. The minimum atomic E-state index is -3.30. The average molecular weight is 419 g/mol. The van der Waals surface area contributed by atoms with Crippen LogP contribution in [-0.2, 0) is 25.8 Å². The molecule has 2 aromatic rings. The number of ether oxygens (including phenoxy) is 1. The van der Waals surface area contributed by atoms with Gasteiger partial charge in [0.15, 0.2) is 15.9 Å². The van der Waals surface area contributed by atoms with E-state index in [0.29, 0.717) is 5.75 Å². The number of rotatable bonds is 8. The first-order valence-electron chi connectivity index (χ1n) is 9.21. The number of amides is 2. The van der Waals surface area contributed by atoms with Crippen molar-refractivity contribution in [2.45, 2.75) is 31.3 Å². The van der Waals surface area contributed by atoms with Crippen LogP contribution >= 0.6 is 0 Å². The zero-order chi connectivity index (χ0) is 21.6. The Hall–Kier alpha value is -2.87. The van der Waals surface area contributed by atoms with E-state index in [9.17, 15) is 18.0 Å². The molecule has 0 saturated heterocycles. The largest absolute Gasteiger partial charge is 0.481 e. The van der Waals surface area contributed by atoms with E-state index in [4.69, 9.17) is 4.74 Å². The van der Waals surface area contributed by atoms with Gasteiger partial charge in [0.2, 0.25) is 5.91 Å². The van der Waals surface area contributed by atoms with Gasteiger partial charge >= 0.3 is 0 Å². The summed E-state index contributed by atoms with van der Waals surface area (Å²) < 4.78 is 28.6. The summed E-state index contributed by atoms with van der Waals surface area (Å²) in [6, 6.07) is 13.3. The van der Waals surface area contributed by atoms with Crippen molar-refractivity contribution in [1.82, 2.24) is 4.90 Å². The van der Waals surface area contributed by atoms with E-state index in [1.807, 2.05) is 31.2 Å². The van der Waals surface area contributed by atoms with Crippen molar-refractivity contribution in [2.24, 2.45) is 0 Å². The van der Waals surface area contributed by atoms with E-state index in [0.717, 1.165) is 23.9 Å². The summed E-state index contributed by atoms with van der Waals surface area (Å²) in [5, 5.41) is 2.83. The summed E-state index contributed by atoms with van der Waals surface area (Å²) in [7, 11) is -1.77. The number of para-hydroxylation sites is 1. The van der Waals surface area contributed by atoms with E-state index in [1.54, 1.807) is 6.92 Å². The highest BCUT2D eigenvalue weighted by Gasteiger charge is 2.21. The summed E-state index contributed by atoms with van der Waals surface area (Å²) in [4.78, 5) is 26.3. The molecule has 7 nitrogen and oxygen atoms in total. The zero-order valence-electron chi connectivity index (χ0n) is 17.0. The molecule has 0 aromatic heterocycles. The quantitative estimate of drug-likeness (QED) is 0.711. The third-order valence-electron chi connectivity index (χ3n) is 4.34. The highest BCUT2D eigenvalue weighted by molar-refractivity contribution is 7.90. The van der Waals surface area contributed by atoms with Crippen LogP contribution in [0.25, 0.3) is 0 Å². The minimum Gasteiger partial charge on any atom is -0.481 e. The zero-order valence-corrected chi connectivity index (χ0v) is 17.8. The van der Waals surface area contributed by atoms with Gasteiger partial charge in [-0.2, -0.15) is 0 Å². The first-order valence-corrected chi connectivity index (χ1v) is 11.1. The number of anilines is 1. The minimum absolute atomic E-state index is 0.113. The number of aryl methyl sites for hydroxylation is 1. The fourth-order valence-corrected chi connectivity index (χ4v) is 3.39. The second-order valence-corrected chi connectivity index (χ2v) is 8.77. The lowest BCUT2D eigenvalue weighted by Gasteiger charge is -2.22. The summed E-state index contributed by atoms with van der Waals surface area (Å²) in [5.41, 5.74) is 1.75. The molecule has 8 heteroatoms. The first kappa shape index (κ1) is 22.4. The highest BCUT2D eigenvalue weighted by atomic mass is 32.2. The van der Waals surface area contributed by atoms with E-state index in [2.05, 4.69) is 5.32 Å². The highest BCUT2D eigenvalue weighted by Crippen LogP contribution is 2.18. The number of nitrogens with one attached hydrogen (secondary N) is 1. The first-order chi connectivity index (χ1) is 13.6. The second-order valence-electron chi connectivity index (χ2n) is 6.76. The molecule has 0 aliphatic rings. The Balaban J connectivity index is 1.94. The molecule has 1 atom stereocenters. The number of benzene rings is 2. The standard InChI is InChI=1S/C21H26N2O5S/c1-5-16-8-6-7-9-19(16)22-20(24)14-23(3)21(25)15(2)28-17-10-12-18(13-11-17)29(4,26)27/h6-13,15H,5,14H2,1-4H3,(H,22,24). The van der Waals surface area contributed by atoms with Gasteiger partial charge in [-0.25, -0.2) is 8.42 Å². The molecule has 2 rings (SSSR count). The SMILES string of the molecule is CCc1ccccc1NC(=O)CN(C)C(=O)C(C)Oc1ccc(S(C)(=O)=O)cc1. The van der Waals surface area contributed by atoms with Crippen molar-refractivity contribution in [3.8, 4) is 5.75 Å². The lowest BCUT2D eigenvalue weighted by atomic mass is 10.1. The van der Waals surface area contributed by atoms with E-state index in [1.165, 1.54) is 36.2 Å². The molecule has 0 aliphatic heterocycles. The second kappa shape index (κ2) is 9.56. The Labute approximate surface area is 171 Å². The van der Waals surface area contributed by atoms with E-state index < -0.39 is 15.9 Å². The molecule has 0 fully saturated rings. The van der Waals surface area contributed by atoms with Crippen LogP contribution in [0, 0.1) is 0 Å². The number of hydrogen-bond acceptors (Lipinski definition) is 5. The molecular formula is C21H26N2O5S. The average Bonchev–Trinajstić information content (AvgIpc) is 2.67. The van der Waals surface area contributed by atoms with Crippen molar-refractivity contribution in [1.29, 1.82) is 0 Å². The molecule has 0 aliphatic carbocycles. The Morgan fingerprint density at radius 2 is 1.72 bits per heavy atom. The number of hydrogen-bond donors (Lipinski definition) is 1. The van der Waals surface area contributed by atoms with Crippen molar-refractivity contribution in [3.63, 3.8) is 0 Å². The molecule has 0 bridgehead atoms. The van der Waals surface area contributed by atoms with Crippen molar-refractivity contribution >= 4 is 27.3 Å². The summed E-state index contributed by atoms with van der Waals surface area (Å²) in [5.74, 6) is -0.296. The molecule has 29 heavy (non-hydrogen) atoms. The predicted molar refractivity (Wildman–Crippen MR) is 112 cm³/mol. The van der Waals surface area contributed by atoms with Crippen LogP contribution < -0.4 is 10.1 Å².